The molecule has 1 amide bonds. The van der Waals surface area contributed by atoms with E-state index in [4.69, 9.17) is 0 Å². The number of hydrogen-bond donors (Lipinski definition) is 2. The van der Waals surface area contributed by atoms with E-state index in [0.717, 1.165) is 11.3 Å². The van der Waals surface area contributed by atoms with Gasteiger partial charge in [0.2, 0.25) is 5.70 Å². The van der Waals surface area contributed by atoms with E-state index in [2.05, 4.69) is 30.5 Å². The fourth-order valence-electron chi connectivity index (χ4n) is 3.46. The molecule has 0 aliphatic carbocycles. The van der Waals surface area contributed by atoms with Crippen molar-refractivity contribution in [2.24, 2.45) is 5.10 Å². The van der Waals surface area contributed by atoms with Crippen LogP contribution in [0.5, 0.6) is 0 Å². The first kappa shape index (κ1) is 19.6. The molecule has 9 nitrogen and oxygen atoms in total. The lowest BCUT2D eigenvalue weighted by atomic mass is 10.1. The van der Waals surface area contributed by atoms with Gasteiger partial charge in [0.15, 0.2) is 17.3 Å². The minimum absolute atomic E-state index is 0.00305. The molecule has 4 heterocycles. The number of aromatic nitrogens is 5. The van der Waals surface area contributed by atoms with Crippen LogP contribution in [0.15, 0.2) is 59.5 Å². The summed E-state index contributed by atoms with van der Waals surface area (Å²) in [7, 11) is 0. The second-order valence-corrected chi connectivity index (χ2v) is 7.27. The molecule has 5 rings (SSSR count). The molecule has 158 valence electrons. The lowest BCUT2D eigenvalue weighted by molar-refractivity contribution is -0.601. The van der Waals surface area contributed by atoms with Crippen LogP contribution in [0.1, 0.15) is 17.2 Å². The van der Waals surface area contributed by atoms with Gasteiger partial charge in [0.1, 0.15) is 5.82 Å². The molecule has 1 aliphatic heterocycles. The zero-order valence-corrected chi connectivity index (χ0v) is 17.2. The van der Waals surface area contributed by atoms with Crippen LogP contribution in [0, 0.1) is 19.7 Å². The molecule has 3 N–H and O–H groups in total. The fourth-order valence-corrected chi connectivity index (χ4v) is 3.46. The molecule has 0 bridgehead atoms. The summed E-state index contributed by atoms with van der Waals surface area (Å²) < 4.78 is 16.1. The van der Waals surface area contributed by atoms with Crippen molar-refractivity contribution in [2.45, 2.75) is 13.8 Å². The van der Waals surface area contributed by atoms with Crippen LogP contribution in [0.4, 0.5) is 10.1 Å². The Morgan fingerprint density at radius 1 is 1.09 bits per heavy atom. The van der Waals surface area contributed by atoms with E-state index in [1.807, 2.05) is 37.3 Å². The Balaban J connectivity index is 1.47. The van der Waals surface area contributed by atoms with Gasteiger partial charge in [0, 0.05) is 17.3 Å². The Morgan fingerprint density at radius 2 is 1.91 bits per heavy atom. The summed E-state index contributed by atoms with van der Waals surface area (Å²) in [6, 6.07) is 12.6. The average molecular weight is 429 g/mol. The Hall–Kier alpha value is -4.31. The Labute approximate surface area is 181 Å². The Bertz CT molecular complexity index is 1400. The third-order valence-corrected chi connectivity index (χ3v) is 4.89. The Kier molecular flexibility index (Phi) is 4.75. The lowest BCUT2D eigenvalue weighted by Crippen LogP contribution is -2.76. The van der Waals surface area contributed by atoms with Crippen LogP contribution >= 0.6 is 0 Å². The molecule has 0 fully saturated rings. The number of halogens is 1. The van der Waals surface area contributed by atoms with Crippen molar-refractivity contribution in [1.82, 2.24) is 24.6 Å². The van der Waals surface area contributed by atoms with Gasteiger partial charge in [-0.05, 0) is 19.9 Å². The van der Waals surface area contributed by atoms with Crippen molar-refractivity contribution >= 4 is 29.0 Å². The standard InChI is InChI=1S/C22H17FN8O/c1-12-8-17(26-13(2)25-12)15-10-24-29-20(15)22(32)27-18-9-19-28-21(14-6-4-3-5-7-14)30-31(19)11-16(18)23/h3-11H,1-2H3,(H,24,29)(H,27,32)/p+1. The van der Waals surface area contributed by atoms with Crippen molar-refractivity contribution in [2.75, 3.05) is 5.32 Å². The molecule has 32 heavy (non-hydrogen) atoms. The molecule has 3 aromatic heterocycles. The number of nitrogens with zero attached hydrogens (tertiary/aromatic N) is 6. The number of pyridine rings is 1. The van der Waals surface area contributed by atoms with E-state index >= 15 is 0 Å². The third kappa shape index (κ3) is 3.63. The Morgan fingerprint density at radius 3 is 2.69 bits per heavy atom. The van der Waals surface area contributed by atoms with Crippen molar-refractivity contribution in [3.63, 3.8) is 0 Å². The summed E-state index contributed by atoms with van der Waals surface area (Å²) in [6.45, 7) is 3.63. The monoisotopic (exact) mass is 429 g/mol. The average Bonchev–Trinajstić information content (AvgIpc) is 3.41. The summed E-state index contributed by atoms with van der Waals surface area (Å²) in [5.41, 5.74) is 4.83. The van der Waals surface area contributed by atoms with Crippen LogP contribution in [0.2, 0.25) is 0 Å². The lowest BCUT2D eigenvalue weighted by Gasteiger charge is -2.07. The summed E-state index contributed by atoms with van der Waals surface area (Å²) in [4.78, 5) is 26.0. The quantitative estimate of drug-likeness (QED) is 0.481. The molecule has 1 aliphatic rings. The number of allylic oxidation sites excluding steroid dienone is 1. The van der Waals surface area contributed by atoms with E-state index in [9.17, 15) is 9.18 Å². The number of amides is 1. The van der Waals surface area contributed by atoms with Crippen molar-refractivity contribution in [3.8, 4) is 11.4 Å². The summed E-state index contributed by atoms with van der Waals surface area (Å²) in [6.07, 6.45) is 2.74. The van der Waals surface area contributed by atoms with E-state index in [1.54, 1.807) is 19.2 Å². The van der Waals surface area contributed by atoms with E-state index < -0.39 is 11.7 Å². The van der Waals surface area contributed by atoms with Gasteiger partial charge in [0.25, 0.3) is 0 Å². The number of anilines is 1. The van der Waals surface area contributed by atoms with Gasteiger partial charge in [-0.3, -0.25) is 4.79 Å². The van der Waals surface area contributed by atoms with Crippen LogP contribution < -0.4 is 10.7 Å². The zero-order valence-electron chi connectivity index (χ0n) is 17.2. The highest BCUT2D eigenvalue weighted by molar-refractivity contribution is 6.20. The van der Waals surface area contributed by atoms with Gasteiger partial charge >= 0.3 is 5.91 Å². The largest absolute Gasteiger partial charge is 0.315 e. The van der Waals surface area contributed by atoms with Crippen molar-refractivity contribution in [1.29, 1.82) is 0 Å². The van der Waals surface area contributed by atoms with E-state index in [-0.39, 0.29) is 11.4 Å². The number of quaternary nitrogens is 1. The van der Waals surface area contributed by atoms with Gasteiger partial charge in [-0.1, -0.05) is 35.4 Å². The number of hydrogen-bond acceptors (Lipinski definition) is 6. The normalized spacial score (nSPS) is 13.2. The molecule has 0 radical (unpaired) electrons. The minimum atomic E-state index is -0.634. The van der Waals surface area contributed by atoms with Crippen LogP contribution in [-0.2, 0) is 4.79 Å². The van der Waals surface area contributed by atoms with Gasteiger partial charge in [-0.25, -0.2) is 23.9 Å². The van der Waals surface area contributed by atoms with E-state index in [0.29, 0.717) is 28.6 Å². The topological polar surface area (TPSA) is 114 Å². The second kappa shape index (κ2) is 7.75. The number of carbonyl (C=O) groups is 1. The molecule has 4 aromatic rings. The maximum Gasteiger partial charge on any atom is 0.312 e. The second-order valence-electron chi connectivity index (χ2n) is 7.27. The first-order valence-corrected chi connectivity index (χ1v) is 9.84. The van der Waals surface area contributed by atoms with E-state index in [1.165, 1.54) is 22.2 Å². The van der Waals surface area contributed by atoms with Gasteiger partial charge in [-0.2, -0.15) is 5.43 Å². The number of benzene rings is 1. The molecule has 10 heteroatoms. The SMILES string of the molecule is Cc1cc(C2=C(C(=O)Nc3cc4nc(-c5ccccc5)nn4cc3F)[NH2+]N=C2)nc(C)n1. The number of rotatable bonds is 4. The van der Waals surface area contributed by atoms with Crippen LogP contribution in [0.3, 0.4) is 0 Å². The maximum atomic E-state index is 14.7. The molecule has 0 unspecified atom stereocenters. The minimum Gasteiger partial charge on any atom is -0.315 e. The number of aryl methyl sites for hydroxylation is 2. The zero-order chi connectivity index (χ0) is 22.2. The molecule has 0 saturated carbocycles. The number of carbonyl (C=O) groups excluding carboxylic acids is 1. The van der Waals surface area contributed by atoms with Gasteiger partial charge in [-0.15, -0.1) is 5.10 Å². The molecule has 0 atom stereocenters. The highest BCUT2D eigenvalue weighted by Gasteiger charge is 2.27. The number of fused-ring (bicyclic) bond motifs is 1. The van der Waals surface area contributed by atoms with Crippen LogP contribution in [0.25, 0.3) is 22.6 Å². The van der Waals surface area contributed by atoms with Crippen molar-refractivity contribution < 1.29 is 14.6 Å². The maximum absolute atomic E-state index is 14.7. The first-order valence-electron chi connectivity index (χ1n) is 9.84. The molecule has 0 spiro atoms. The molecule has 1 aromatic carbocycles. The van der Waals surface area contributed by atoms with Gasteiger partial charge in [0.05, 0.1) is 29.4 Å². The predicted molar refractivity (Wildman–Crippen MR) is 116 cm³/mol. The molecular weight excluding hydrogens is 411 g/mol. The number of nitrogens with one attached hydrogen (secondary N) is 1. The molecular formula is C22H18FN8O+. The summed E-state index contributed by atoms with van der Waals surface area (Å²) >= 11 is 0. The summed E-state index contributed by atoms with van der Waals surface area (Å²) in [5.74, 6) is -0.0850. The fraction of sp³-hybridized carbons (Fsp3) is 0.0909. The van der Waals surface area contributed by atoms with Crippen molar-refractivity contribution in [3.05, 3.63) is 77.4 Å². The van der Waals surface area contributed by atoms with Gasteiger partial charge < -0.3 is 5.32 Å². The predicted octanol–water partition coefficient (Wildman–Crippen LogP) is 1.85. The highest BCUT2D eigenvalue weighted by atomic mass is 19.1. The third-order valence-electron chi connectivity index (χ3n) is 4.89. The summed E-state index contributed by atoms with van der Waals surface area (Å²) in [5, 5.41) is 11.0. The highest BCUT2D eigenvalue weighted by Crippen LogP contribution is 2.22. The molecule has 0 saturated heterocycles. The smallest absolute Gasteiger partial charge is 0.312 e. The first-order chi connectivity index (χ1) is 15.5. The van der Waals surface area contributed by atoms with Crippen LogP contribution in [-0.4, -0.2) is 36.7 Å². The number of nitrogens with two attached hydrogens (primary N) is 1.